The Bertz CT molecular complexity index is 657. The molecular weight excluding hydrogens is 294 g/mol. The molecule has 3 heteroatoms. The average molecular weight is 314 g/mol. The van der Waals surface area contributed by atoms with Crippen molar-refractivity contribution in [1.29, 1.82) is 0 Å². The SMILES string of the molecule is Cc1ccc(C(=O)NCC2(c3ccc(Cl)cc3)CCC2)cc1. The van der Waals surface area contributed by atoms with Gasteiger partial charge in [0.2, 0.25) is 0 Å². The monoisotopic (exact) mass is 313 g/mol. The molecule has 2 nitrogen and oxygen atoms in total. The summed E-state index contributed by atoms with van der Waals surface area (Å²) in [7, 11) is 0. The van der Waals surface area contributed by atoms with Crippen molar-refractivity contribution >= 4 is 17.5 Å². The average Bonchev–Trinajstić information content (AvgIpc) is 2.48. The zero-order valence-electron chi connectivity index (χ0n) is 12.7. The lowest BCUT2D eigenvalue weighted by molar-refractivity contribution is 0.0928. The zero-order chi connectivity index (χ0) is 15.6. The van der Waals surface area contributed by atoms with Gasteiger partial charge in [-0.25, -0.2) is 0 Å². The van der Waals surface area contributed by atoms with Crippen LogP contribution in [0.4, 0.5) is 0 Å². The fraction of sp³-hybridized carbons (Fsp3) is 0.316. The first-order valence-corrected chi connectivity index (χ1v) is 8.08. The highest BCUT2D eigenvalue weighted by atomic mass is 35.5. The molecule has 1 aliphatic carbocycles. The number of carbonyl (C=O) groups excluding carboxylic acids is 1. The topological polar surface area (TPSA) is 29.1 Å². The Hall–Kier alpha value is -1.80. The highest BCUT2D eigenvalue weighted by Crippen LogP contribution is 2.43. The van der Waals surface area contributed by atoms with E-state index >= 15 is 0 Å². The van der Waals surface area contributed by atoms with Crippen molar-refractivity contribution < 1.29 is 4.79 Å². The first-order chi connectivity index (χ1) is 10.6. The van der Waals surface area contributed by atoms with Crippen LogP contribution in [0.15, 0.2) is 48.5 Å². The number of nitrogens with one attached hydrogen (secondary N) is 1. The van der Waals surface area contributed by atoms with Gasteiger partial charge in [-0.2, -0.15) is 0 Å². The normalized spacial score (nSPS) is 15.9. The maximum Gasteiger partial charge on any atom is 0.251 e. The summed E-state index contributed by atoms with van der Waals surface area (Å²) in [5.74, 6) is 0.000221. The first-order valence-electron chi connectivity index (χ1n) is 7.70. The van der Waals surface area contributed by atoms with Crippen molar-refractivity contribution in [2.45, 2.75) is 31.6 Å². The number of halogens is 1. The summed E-state index contributed by atoms with van der Waals surface area (Å²) >= 11 is 5.97. The largest absolute Gasteiger partial charge is 0.351 e. The lowest BCUT2D eigenvalue weighted by Gasteiger charge is -2.42. The van der Waals surface area contributed by atoms with Crippen molar-refractivity contribution in [2.24, 2.45) is 0 Å². The third kappa shape index (κ3) is 3.02. The van der Waals surface area contributed by atoms with E-state index in [0.717, 1.165) is 29.0 Å². The number of hydrogen-bond acceptors (Lipinski definition) is 1. The third-order valence-corrected chi connectivity index (χ3v) is 4.92. The van der Waals surface area contributed by atoms with Gasteiger partial charge in [0, 0.05) is 22.5 Å². The predicted molar refractivity (Wildman–Crippen MR) is 90.5 cm³/mol. The highest BCUT2D eigenvalue weighted by molar-refractivity contribution is 6.30. The molecular formula is C19H20ClNO. The molecule has 1 fully saturated rings. The van der Waals surface area contributed by atoms with Crippen molar-refractivity contribution in [3.63, 3.8) is 0 Å². The molecule has 22 heavy (non-hydrogen) atoms. The Morgan fingerprint density at radius 2 is 1.73 bits per heavy atom. The number of carbonyl (C=O) groups is 1. The highest BCUT2D eigenvalue weighted by Gasteiger charge is 2.38. The fourth-order valence-electron chi connectivity index (χ4n) is 3.03. The van der Waals surface area contributed by atoms with Crippen LogP contribution < -0.4 is 5.32 Å². The molecule has 0 aliphatic heterocycles. The molecule has 0 atom stereocenters. The lowest BCUT2D eigenvalue weighted by atomic mass is 9.64. The Morgan fingerprint density at radius 3 is 2.27 bits per heavy atom. The Morgan fingerprint density at radius 1 is 1.09 bits per heavy atom. The minimum atomic E-state index is 0.000221. The van der Waals surface area contributed by atoms with E-state index < -0.39 is 0 Å². The molecule has 0 unspecified atom stereocenters. The maximum atomic E-state index is 12.3. The van der Waals surface area contributed by atoms with Crippen LogP contribution in [0.5, 0.6) is 0 Å². The van der Waals surface area contributed by atoms with Gasteiger partial charge in [-0.15, -0.1) is 0 Å². The van der Waals surface area contributed by atoms with Crippen LogP contribution in [-0.4, -0.2) is 12.5 Å². The molecule has 1 amide bonds. The smallest absolute Gasteiger partial charge is 0.251 e. The van der Waals surface area contributed by atoms with Crippen LogP contribution in [0.25, 0.3) is 0 Å². The van der Waals surface area contributed by atoms with Crippen molar-refractivity contribution in [3.8, 4) is 0 Å². The van der Waals surface area contributed by atoms with E-state index in [-0.39, 0.29) is 11.3 Å². The number of aryl methyl sites for hydroxylation is 1. The van der Waals surface area contributed by atoms with Crippen LogP contribution in [0.2, 0.25) is 5.02 Å². The molecule has 1 aliphatic rings. The van der Waals surface area contributed by atoms with Gasteiger partial charge in [0.15, 0.2) is 0 Å². The molecule has 2 aromatic rings. The van der Waals surface area contributed by atoms with E-state index in [2.05, 4.69) is 17.4 Å². The maximum absolute atomic E-state index is 12.3. The van der Waals surface area contributed by atoms with Crippen molar-refractivity contribution in [1.82, 2.24) is 5.32 Å². The van der Waals surface area contributed by atoms with E-state index in [1.165, 1.54) is 12.0 Å². The fourth-order valence-corrected chi connectivity index (χ4v) is 3.16. The molecule has 114 valence electrons. The van der Waals surface area contributed by atoms with Gasteiger partial charge in [-0.3, -0.25) is 4.79 Å². The van der Waals surface area contributed by atoms with Crippen molar-refractivity contribution in [3.05, 3.63) is 70.2 Å². The Labute approximate surface area is 136 Å². The van der Waals surface area contributed by atoms with E-state index in [1.807, 2.05) is 43.3 Å². The lowest BCUT2D eigenvalue weighted by Crippen LogP contribution is -2.45. The van der Waals surface area contributed by atoms with Gasteiger partial charge in [-0.05, 0) is 49.6 Å². The van der Waals surface area contributed by atoms with Crippen LogP contribution >= 0.6 is 11.6 Å². The molecule has 0 heterocycles. The Balaban J connectivity index is 1.69. The van der Waals surface area contributed by atoms with Crippen LogP contribution in [0, 0.1) is 6.92 Å². The molecule has 0 spiro atoms. The molecule has 2 aromatic carbocycles. The third-order valence-electron chi connectivity index (χ3n) is 4.67. The van der Waals surface area contributed by atoms with Gasteiger partial charge in [-0.1, -0.05) is 47.9 Å². The minimum Gasteiger partial charge on any atom is -0.351 e. The van der Waals surface area contributed by atoms with Gasteiger partial charge in [0.25, 0.3) is 5.91 Å². The van der Waals surface area contributed by atoms with Crippen LogP contribution in [-0.2, 0) is 5.41 Å². The first kappa shape index (κ1) is 15.1. The summed E-state index contributed by atoms with van der Waals surface area (Å²) in [6.45, 7) is 2.70. The number of benzene rings is 2. The molecule has 1 N–H and O–H groups in total. The molecule has 3 rings (SSSR count). The molecule has 1 saturated carbocycles. The standard InChI is InChI=1S/C19H20ClNO/c1-14-3-5-15(6-4-14)18(22)21-13-19(11-2-12-19)16-7-9-17(20)10-8-16/h3-10H,2,11-13H2,1H3,(H,21,22). The van der Waals surface area contributed by atoms with E-state index in [9.17, 15) is 4.79 Å². The Kier molecular flexibility index (Phi) is 4.21. The van der Waals surface area contributed by atoms with Gasteiger partial charge in [0.05, 0.1) is 0 Å². The van der Waals surface area contributed by atoms with Crippen molar-refractivity contribution in [2.75, 3.05) is 6.54 Å². The quantitative estimate of drug-likeness (QED) is 0.884. The number of rotatable bonds is 4. The summed E-state index contributed by atoms with van der Waals surface area (Å²) in [6, 6.07) is 15.7. The van der Waals surface area contributed by atoms with Crippen LogP contribution in [0.3, 0.4) is 0 Å². The second-order valence-electron chi connectivity index (χ2n) is 6.19. The second-order valence-corrected chi connectivity index (χ2v) is 6.63. The number of hydrogen-bond donors (Lipinski definition) is 1. The summed E-state index contributed by atoms with van der Waals surface area (Å²) in [6.07, 6.45) is 3.44. The van der Waals surface area contributed by atoms with E-state index in [0.29, 0.717) is 6.54 Å². The van der Waals surface area contributed by atoms with Gasteiger partial charge < -0.3 is 5.32 Å². The molecule has 0 radical (unpaired) electrons. The second kappa shape index (κ2) is 6.13. The predicted octanol–water partition coefficient (Wildman–Crippen LogP) is 4.50. The van der Waals surface area contributed by atoms with Crippen LogP contribution in [0.1, 0.15) is 40.7 Å². The van der Waals surface area contributed by atoms with Gasteiger partial charge in [0.1, 0.15) is 0 Å². The minimum absolute atomic E-state index is 0.000221. The van der Waals surface area contributed by atoms with Gasteiger partial charge >= 0.3 is 0 Å². The summed E-state index contributed by atoms with van der Waals surface area (Å²) in [5, 5.41) is 3.85. The zero-order valence-corrected chi connectivity index (χ0v) is 13.5. The number of amides is 1. The van der Waals surface area contributed by atoms with E-state index in [4.69, 9.17) is 11.6 Å². The molecule has 0 saturated heterocycles. The molecule has 0 bridgehead atoms. The molecule has 0 aromatic heterocycles. The summed E-state index contributed by atoms with van der Waals surface area (Å²) in [5.41, 5.74) is 3.22. The van der Waals surface area contributed by atoms with E-state index in [1.54, 1.807) is 0 Å². The summed E-state index contributed by atoms with van der Waals surface area (Å²) in [4.78, 5) is 12.3. The summed E-state index contributed by atoms with van der Waals surface area (Å²) < 4.78 is 0.